The number of hydrogen-bond acceptors (Lipinski definition) is 3. The molecule has 3 heterocycles. The fourth-order valence-corrected chi connectivity index (χ4v) is 7.56. The molecule has 3 aromatic heterocycles. The normalized spacial score (nSPS) is 16.9. The van der Waals surface area contributed by atoms with Gasteiger partial charge in [-0.1, -0.05) is 157 Å². The van der Waals surface area contributed by atoms with Crippen molar-refractivity contribution in [3.8, 4) is 34.4 Å². The first-order valence-corrected chi connectivity index (χ1v) is 17.3. The number of benzene rings is 9. The minimum atomic E-state index is -0.819. The summed E-state index contributed by atoms with van der Waals surface area (Å²) in [4.78, 5) is 14.7. The fourth-order valence-electron chi connectivity index (χ4n) is 7.56. The minimum absolute atomic E-state index is 0.216. The van der Waals surface area contributed by atoms with Crippen LogP contribution in [0.25, 0.3) is 110 Å². The highest BCUT2D eigenvalue weighted by Gasteiger charge is 2.21. The summed E-state index contributed by atoms with van der Waals surface area (Å²) in [6, 6.07) is 5.80. The molecule has 260 valence electrons. The number of rotatable bonds is 4. The van der Waals surface area contributed by atoms with Crippen molar-refractivity contribution < 1.29 is 27.4 Å². The second-order valence-electron chi connectivity index (χ2n) is 12.9. The van der Waals surface area contributed by atoms with Crippen LogP contribution in [0.15, 0.2) is 188 Å². The fraction of sp³-hybridized carbons (Fsp3) is 0. The lowest BCUT2D eigenvalue weighted by Crippen LogP contribution is -2.10. The number of aromatic nitrogens is 5. The van der Waals surface area contributed by atoms with Crippen molar-refractivity contribution in [3.05, 3.63) is 188 Å². The lowest BCUT2D eigenvalue weighted by atomic mass is 9.93. The smallest absolute Gasteiger partial charge is 0.240 e. The maximum Gasteiger partial charge on any atom is 0.240 e. The topological polar surface area (TPSA) is 48.5 Å². The van der Waals surface area contributed by atoms with E-state index in [-0.39, 0.29) is 38.6 Å². The van der Waals surface area contributed by atoms with Crippen LogP contribution in [0.2, 0.25) is 0 Å². The molecule has 0 atom stereocenters. The summed E-state index contributed by atoms with van der Waals surface area (Å²) in [5.41, 5.74) is -2.67. The number of fused-ring (bicyclic) bond motifs is 12. The largest absolute Gasteiger partial charge is 0.278 e. The van der Waals surface area contributed by atoms with Gasteiger partial charge in [0, 0.05) is 27.1 Å². The predicted molar refractivity (Wildman–Crippen MR) is 232 cm³/mol. The maximum atomic E-state index is 9.90. The van der Waals surface area contributed by atoms with Gasteiger partial charge in [-0.25, -0.2) is 0 Å². The van der Waals surface area contributed by atoms with E-state index in [1.165, 1.54) is 0 Å². The highest BCUT2D eigenvalue weighted by atomic mass is 15.3. The van der Waals surface area contributed by atoms with Gasteiger partial charge in [0.25, 0.3) is 0 Å². The molecule has 0 bridgehead atoms. The van der Waals surface area contributed by atoms with E-state index < -0.39 is 160 Å². The van der Waals surface area contributed by atoms with Gasteiger partial charge < -0.3 is 0 Å². The lowest BCUT2D eigenvalue weighted by molar-refractivity contribution is 0.893. The second kappa shape index (κ2) is 11.9. The molecule has 5 nitrogen and oxygen atoms in total. The van der Waals surface area contributed by atoms with E-state index in [4.69, 9.17) is 32.8 Å². The Hall–Kier alpha value is -7.63. The lowest BCUT2D eigenvalue weighted by Gasteiger charge is -2.14. The van der Waals surface area contributed by atoms with Crippen LogP contribution >= 0.6 is 0 Å². The molecule has 0 saturated heterocycles. The molecule has 0 amide bonds. The zero-order chi connectivity index (χ0) is 54.1. The van der Waals surface area contributed by atoms with Crippen LogP contribution in [0.1, 0.15) is 27.4 Å². The van der Waals surface area contributed by atoms with Gasteiger partial charge in [0.05, 0.1) is 49.5 Å². The minimum Gasteiger partial charge on any atom is -0.278 e. The first-order chi connectivity index (χ1) is 36.1. The molecule has 0 fully saturated rings. The number of hydrogen-bond donors (Lipinski definition) is 0. The van der Waals surface area contributed by atoms with E-state index in [2.05, 4.69) is 0 Å². The van der Waals surface area contributed by atoms with Gasteiger partial charge in [0.15, 0.2) is 5.82 Å². The summed E-state index contributed by atoms with van der Waals surface area (Å²) in [6.07, 6.45) is 0. The van der Waals surface area contributed by atoms with Crippen LogP contribution in [0.4, 0.5) is 0 Å². The first kappa shape index (κ1) is 17.2. The Morgan fingerprint density at radius 3 is 1.38 bits per heavy atom. The van der Waals surface area contributed by atoms with E-state index in [0.29, 0.717) is 0 Å². The van der Waals surface area contributed by atoms with E-state index in [1.807, 2.05) is 54.6 Å². The van der Waals surface area contributed by atoms with E-state index in [0.717, 1.165) is 41.5 Å². The number of para-hydroxylation sites is 3. The Morgan fingerprint density at radius 1 is 0.339 bits per heavy atom. The van der Waals surface area contributed by atoms with Crippen molar-refractivity contribution in [3.63, 3.8) is 0 Å². The molecule has 0 radical (unpaired) electrons. The standard InChI is InChI=1S/C51H31N5/c1-2-14-32(15-3-1)33-26-29-43-42-22-10-13-25-47(42)56(48(43)31-33)51-53-49(52-50(54-51)55-45-23-11-8-20-40(45)41-21-9-12-24-46(41)55)34-27-28-39-37-18-5-4-16-35(37)36-17-6-7-19-38(36)44(39)30-34/h1-31H/i1D,2D,3D,8D,9D,10D,11D,12D,13D,14D,15D,20D,21D,22D,23D,24D,25D,26D,29D,31D. The van der Waals surface area contributed by atoms with Crippen molar-refractivity contribution >= 4 is 75.9 Å². The average Bonchev–Trinajstić information content (AvgIpc) is 4.07. The molecule has 0 aliphatic heterocycles. The summed E-state index contributed by atoms with van der Waals surface area (Å²) >= 11 is 0. The third-order valence-electron chi connectivity index (χ3n) is 9.95. The zero-order valence-electron chi connectivity index (χ0n) is 48.6. The Balaban J connectivity index is 1.32. The Kier molecular flexibility index (Phi) is 3.67. The summed E-state index contributed by atoms with van der Waals surface area (Å²) < 4.78 is 181. The third-order valence-corrected chi connectivity index (χ3v) is 9.95. The summed E-state index contributed by atoms with van der Waals surface area (Å²) in [7, 11) is 0. The molecule has 9 aromatic carbocycles. The van der Waals surface area contributed by atoms with E-state index in [1.54, 1.807) is 12.1 Å². The molecule has 0 unspecified atom stereocenters. The summed E-state index contributed by atoms with van der Waals surface area (Å²) in [6.45, 7) is 0. The van der Waals surface area contributed by atoms with Crippen molar-refractivity contribution in [1.82, 2.24) is 24.1 Å². The van der Waals surface area contributed by atoms with Gasteiger partial charge in [0.1, 0.15) is 0 Å². The van der Waals surface area contributed by atoms with Gasteiger partial charge in [0.2, 0.25) is 11.9 Å². The SMILES string of the molecule is [2H]c1c([2H])c([2H])c(-c2c([2H])c([2H])c3c4c([2H])c([2H])c([2H])c([2H])c4n(-c4nc(-c5ccc6c7ccccc7c7ccccc7c6c5)nc(-n5c6c([2H])c([2H])c([2H])c([2H])c6c6c([2H])c([2H])c([2H])c([2H])c65)n4)c3c2[2H])c([2H])c1[2H]. The van der Waals surface area contributed by atoms with Crippen molar-refractivity contribution in [2.45, 2.75) is 0 Å². The Morgan fingerprint density at radius 2 is 0.804 bits per heavy atom. The summed E-state index contributed by atoms with van der Waals surface area (Å²) in [5.74, 6) is -1.34. The van der Waals surface area contributed by atoms with Crippen LogP contribution in [0, 0.1) is 0 Å². The van der Waals surface area contributed by atoms with Crippen LogP contribution in [-0.2, 0) is 0 Å². The van der Waals surface area contributed by atoms with Gasteiger partial charge in [-0.05, 0) is 73.7 Å². The van der Waals surface area contributed by atoms with Crippen LogP contribution in [0.5, 0.6) is 0 Å². The molecule has 0 saturated carbocycles. The van der Waals surface area contributed by atoms with Crippen LogP contribution < -0.4 is 0 Å². The Labute approximate surface area is 349 Å². The van der Waals surface area contributed by atoms with Crippen molar-refractivity contribution in [2.75, 3.05) is 0 Å². The first-order valence-electron chi connectivity index (χ1n) is 27.3. The predicted octanol–water partition coefficient (Wildman–Crippen LogP) is 12.9. The monoisotopic (exact) mass is 733 g/mol. The van der Waals surface area contributed by atoms with Crippen molar-refractivity contribution in [1.29, 1.82) is 0 Å². The molecule has 0 aliphatic carbocycles. The quantitative estimate of drug-likeness (QED) is 0.169. The number of nitrogens with zero attached hydrogens (tertiary/aromatic N) is 5. The van der Waals surface area contributed by atoms with Crippen LogP contribution in [0.3, 0.4) is 0 Å². The highest BCUT2D eigenvalue weighted by Crippen LogP contribution is 2.39. The second-order valence-corrected chi connectivity index (χ2v) is 12.9. The zero-order valence-corrected chi connectivity index (χ0v) is 28.6. The summed E-state index contributed by atoms with van der Waals surface area (Å²) in [5, 5.41) is 3.75. The average molecular weight is 734 g/mol. The molecule has 0 N–H and O–H groups in total. The molecule has 12 aromatic rings. The Bertz CT molecular complexity index is 4580. The molecule has 5 heteroatoms. The molecular weight excluding hydrogens is 683 g/mol. The van der Waals surface area contributed by atoms with Crippen LogP contribution in [-0.4, -0.2) is 24.1 Å². The molecule has 12 rings (SSSR count). The maximum absolute atomic E-state index is 9.90. The van der Waals surface area contributed by atoms with Gasteiger partial charge in [-0.15, -0.1) is 0 Å². The molecule has 0 aliphatic rings. The van der Waals surface area contributed by atoms with E-state index in [9.17, 15) is 9.60 Å². The molecular formula is C51H31N5. The van der Waals surface area contributed by atoms with Gasteiger partial charge in [-0.3, -0.25) is 9.13 Å². The van der Waals surface area contributed by atoms with Crippen molar-refractivity contribution in [2.24, 2.45) is 0 Å². The van der Waals surface area contributed by atoms with E-state index >= 15 is 0 Å². The van der Waals surface area contributed by atoms with Gasteiger partial charge in [-0.2, -0.15) is 15.0 Å². The molecule has 0 spiro atoms. The third kappa shape index (κ3) is 4.52. The highest BCUT2D eigenvalue weighted by molar-refractivity contribution is 6.25. The molecule has 56 heavy (non-hydrogen) atoms. The van der Waals surface area contributed by atoms with Gasteiger partial charge >= 0.3 is 0 Å².